The molecule has 0 aromatic heterocycles. The second-order valence-corrected chi connectivity index (χ2v) is 17.5. The molecule has 0 radical (unpaired) electrons. The molecule has 4 rings (SSSR count). The summed E-state index contributed by atoms with van der Waals surface area (Å²) in [7, 11) is 0. The van der Waals surface area contributed by atoms with Gasteiger partial charge in [0.1, 0.15) is 6.10 Å². The van der Waals surface area contributed by atoms with Crippen LogP contribution >= 0.6 is 0 Å². The minimum Gasteiger partial charge on any atom is -0.446 e. The van der Waals surface area contributed by atoms with Crippen LogP contribution in [0.25, 0.3) is 0 Å². The number of fused-ring (bicyclic) bond motifs is 5. The van der Waals surface area contributed by atoms with Gasteiger partial charge in [0.25, 0.3) is 0 Å². The number of nitrogens with two attached hydrogens (primary N) is 1. The molecular weight excluding hydrogens is 566 g/mol. The van der Waals surface area contributed by atoms with E-state index in [1.54, 1.807) is 5.57 Å². The first kappa shape index (κ1) is 37.7. The van der Waals surface area contributed by atoms with Gasteiger partial charge in [0.2, 0.25) is 0 Å². The molecule has 46 heavy (non-hydrogen) atoms. The van der Waals surface area contributed by atoms with Crippen LogP contribution in [0.2, 0.25) is 0 Å². The lowest BCUT2D eigenvalue weighted by Gasteiger charge is -2.58. The molecule has 3 N–H and O–H groups in total. The molecule has 0 spiro atoms. The topological polar surface area (TPSA) is 67.6 Å². The third-order valence-electron chi connectivity index (χ3n) is 13.9. The van der Waals surface area contributed by atoms with E-state index in [1.165, 1.54) is 57.8 Å². The van der Waals surface area contributed by atoms with E-state index in [0.29, 0.717) is 11.5 Å². The van der Waals surface area contributed by atoms with Gasteiger partial charge in [-0.25, -0.2) is 4.79 Å². The Bertz CT molecular complexity index is 981. The number of carbonyl (C=O) groups is 1. The fraction of sp³-hybridized carbons (Fsp3) is 0.927. The van der Waals surface area contributed by atoms with Crippen molar-refractivity contribution in [2.75, 3.05) is 19.6 Å². The molecule has 10 atom stereocenters. The Labute approximate surface area is 285 Å². The lowest BCUT2D eigenvalue weighted by Crippen LogP contribution is -2.51. The average Bonchev–Trinajstić information content (AvgIpc) is 3.36. The van der Waals surface area contributed by atoms with Gasteiger partial charge in [-0.05, 0) is 144 Å². The molecular formula is C41H75N3O2. The molecule has 0 saturated heterocycles. The summed E-state index contributed by atoms with van der Waals surface area (Å²) in [6.07, 6.45) is 22.1. The molecule has 0 aliphatic heterocycles. The zero-order chi connectivity index (χ0) is 33.5. The van der Waals surface area contributed by atoms with Gasteiger partial charge >= 0.3 is 6.09 Å². The van der Waals surface area contributed by atoms with Crippen molar-refractivity contribution in [3.8, 4) is 0 Å². The zero-order valence-electron chi connectivity index (χ0n) is 31.5. The summed E-state index contributed by atoms with van der Waals surface area (Å²) in [5.41, 5.74) is 8.13. The number of amides is 1. The van der Waals surface area contributed by atoms with Crippen molar-refractivity contribution in [2.24, 2.45) is 52.1 Å². The number of unbranched alkanes of at least 4 members (excludes halogenated alkanes) is 1. The van der Waals surface area contributed by atoms with Crippen LogP contribution in [0.15, 0.2) is 11.6 Å². The van der Waals surface area contributed by atoms with Crippen molar-refractivity contribution in [1.82, 2.24) is 10.2 Å². The molecule has 0 aromatic carbocycles. The van der Waals surface area contributed by atoms with Gasteiger partial charge < -0.3 is 20.7 Å². The van der Waals surface area contributed by atoms with Gasteiger partial charge in [0.15, 0.2) is 0 Å². The Morgan fingerprint density at radius 3 is 2.48 bits per heavy atom. The number of rotatable bonds is 17. The average molecular weight is 642 g/mol. The van der Waals surface area contributed by atoms with Crippen LogP contribution in [-0.4, -0.2) is 48.8 Å². The summed E-state index contributed by atoms with van der Waals surface area (Å²) < 4.78 is 6.37. The summed E-state index contributed by atoms with van der Waals surface area (Å²) >= 11 is 0. The van der Waals surface area contributed by atoms with Gasteiger partial charge in [-0.1, -0.05) is 78.9 Å². The van der Waals surface area contributed by atoms with Crippen LogP contribution in [0.4, 0.5) is 4.79 Å². The maximum Gasteiger partial charge on any atom is 0.410 e. The van der Waals surface area contributed by atoms with Crippen LogP contribution in [0.1, 0.15) is 158 Å². The molecule has 5 nitrogen and oxygen atoms in total. The van der Waals surface area contributed by atoms with E-state index < -0.39 is 0 Å². The summed E-state index contributed by atoms with van der Waals surface area (Å²) in [5, 5.41) is 3.57. The highest BCUT2D eigenvalue weighted by Crippen LogP contribution is 2.67. The zero-order valence-corrected chi connectivity index (χ0v) is 31.5. The molecule has 3 saturated carbocycles. The highest BCUT2D eigenvalue weighted by atomic mass is 16.6. The standard InChI is InChI=1S/C41H75N3O2/c1-9-13-32(6)44(27-11-10-26-43-31(5)22-25-42)39(45)46-34-20-23-40(7)33(28-34)16-17-35-37-19-18-36(30(4)15-12-14-29(2)3)41(37,8)24-21-38(35)40/h16,29-32,34-38,43H,9-15,17-28,42H2,1-8H3/t30-,31?,32?,34+,35+,36?,37?,38?,40+,41-/m1/s1. The normalized spacial score (nSPS) is 34.2. The fourth-order valence-electron chi connectivity index (χ4n) is 11.1. The number of nitrogens with zero attached hydrogens (tertiary/aromatic N) is 1. The molecule has 0 aromatic rings. The molecule has 0 heterocycles. The number of carbonyl (C=O) groups excluding carboxylic acids is 1. The van der Waals surface area contributed by atoms with E-state index in [1.807, 2.05) is 4.90 Å². The molecule has 1 amide bonds. The summed E-state index contributed by atoms with van der Waals surface area (Å²) in [5.74, 6) is 5.14. The van der Waals surface area contributed by atoms with Gasteiger partial charge in [-0.2, -0.15) is 0 Å². The highest BCUT2D eigenvalue weighted by Gasteiger charge is 2.59. The second-order valence-electron chi connectivity index (χ2n) is 17.5. The number of hydrogen-bond donors (Lipinski definition) is 2. The molecule has 0 bridgehead atoms. The number of nitrogens with one attached hydrogen (secondary N) is 1. The quantitative estimate of drug-likeness (QED) is 0.123. The number of ether oxygens (including phenoxy) is 1. The van der Waals surface area contributed by atoms with Gasteiger partial charge in [-0.15, -0.1) is 0 Å². The Hall–Kier alpha value is -1.07. The Morgan fingerprint density at radius 2 is 1.76 bits per heavy atom. The molecule has 4 aliphatic rings. The summed E-state index contributed by atoms with van der Waals surface area (Å²) in [6.45, 7) is 21.7. The SMILES string of the molecule is CCCC(C)N(CCCCNC(C)CCN)C(=O)O[C@H]1CC[C@@]2(C)C(=CC[C@H]3C4CCC([C@H](C)CCCC(C)C)[C@@]4(C)CCC32)C1. The van der Waals surface area contributed by atoms with E-state index in [9.17, 15) is 4.79 Å². The van der Waals surface area contributed by atoms with Gasteiger partial charge in [0, 0.05) is 25.0 Å². The van der Waals surface area contributed by atoms with Crippen LogP contribution in [0.3, 0.4) is 0 Å². The lowest BCUT2D eigenvalue weighted by atomic mass is 9.47. The summed E-state index contributed by atoms with van der Waals surface area (Å²) in [6, 6.07) is 0.669. The number of allylic oxidation sites excluding steroid dienone is 1. The first-order valence-electron chi connectivity index (χ1n) is 20.0. The Kier molecular flexibility index (Phi) is 14.0. The van der Waals surface area contributed by atoms with Gasteiger partial charge in [0.05, 0.1) is 0 Å². The highest BCUT2D eigenvalue weighted by molar-refractivity contribution is 5.68. The molecule has 5 heteroatoms. The van der Waals surface area contributed by atoms with Crippen LogP contribution < -0.4 is 11.1 Å². The lowest BCUT2D eigenvalue weighted by molar-refractivity contribution is -0.0597. The van der Waals surface area contributed by atoms with E-state index in [2.05, 4.69) is 66.8 Å². The third kappa shape index (κ3) is 8.74. The Balaban J connectivity index is 1.34. The van der Waals surface area contributed by atoms with Crippen molar-refractivity contribution in [3.05, 3.63) is 11.6 Å². The van der Waals surface area contributed by atoms with Crippen molar-refractivity contribution >= 4 is 6.09 Å². The maximum atomic E-state index is 13.7. The van der Waals surface area contributed by atoms with E-state index in [4.69, 9.17) is 10.5 Å². The number of hydrogen-bond acceptors (Lipinski definition) is 4. The minimum atomic E-state index is -0.0822. The van der Waals surface area contributed by atoms with E-state index in [-0.39, 0.29) is 23.7 Å². The maximum absolute atomic E-state index is 13.7. The van der Waals surface area contributed by atoms with E-state index >= 15 is 0 Å². The van der Waals surface area contributed by atoms with Crippen molar-refractivity contribution in [1.29, 1.82) is 0 Å². The van der Waals surface area contributed by atoms with Gasteiger partial charge in [-0.3, -0.25) is 0 Å². The van der Waals surface area contributed by atoms with Crippen molar-refractivity contribution < 1.29 is 9.53 Å². The van der Waals surface area contributed by atoms with Crippen molar-refractivity contribution in [2.45, 2.75) is 176 Å². The summed E-state index contributed by atoms with van der Waals surface area (Å²) in [4.78, 5) is 15.7. The smallest absolute Gasteiger partial charge is 0.410 e. The molecule has 3 fully saturated rings. The van der Waals surface area contributed by atoms with Crippen LogP contribution in [-0.2, 0) is 4.74 Å². The predicted octanol–water partition coefficient (Wildman–Crippen LogP) is 10.1. The largest absolute Gasteiger partial charge is 0.446 e. The van der Waals surface area contributed by atoms with Crippen LogP contribution in [0.5, 0.6) is 0 Å². The molecule has 266 valence electrons. The Morgan fingerprint density at radius 1 is 0.978 bits per heavy atom. The van der Waals surface area contributed by atoms with Crippen molar-refractivity contribution in [3.63, 3.8) is 0 Å². The predicted molar refractivity (Wildman–Crippen MR) is 195 cm³/mol. The first-order valence-corrected chi connectivity index (χ1v) is 20.0. The minimum absolute atomic E-state index is 0.0230. The van der Waals surface area contributed by atoms with Crippen LogP contribution in [0, 0.1) is 46.3 Å². The molecule has 4 aliphatic carbocycles. The second kappa shape index (κ2) is 17.0. The first-order chi connectivity index (χ1) is 21.9. The fourth-order valence-corrected chi connectivity index (χ4v) is 11.1. The molecule has 5 unspecified atom stereocenters. The monoisotopic (exact) mass is 642 g/mol. The van der Waals surface area contributed by atoms with E-state index in [0.717, 1.165) is 100 Å². The third-order valence-corrected chi connectivity index (χ3v) is 13.9.